The van der Waals surface area contributed by atoms with E-state index in [1.165, 1.54) is 35.8 Å². The van der Waals surface area contributed by atoms with E-state index >= 15 is 0 Å². The molecule has 0 aliphatic heterocycles. The minimum atomic E-state index is -4.57. The van der Waals surface area contributed by atoms with Crippen LogP contribution in [0.3, 0.4) is 0 Å². The maximum atomic E-state index is 13.0. The van der Waals surface area contributed by atoms with E-state index < -0.39 is 29.9 Å². The van der Waals surface area contributed by atoms with Crippen LogP contribution in [0.2, 0.25) is 0 Å². The van der Waals surface area contributed by atoms with Crippen molar-refractivity contribution < 1.29 is 26.7 Å². The fourth-order valence-corrected chi connectivity index (χ4v) is 3.07. The smallest absolute Gasteiger partial charge is 0.341 e. The van der Waals surface area contributed by atoms with E-state index in [1.807, 2.05) is 0 Å². The van der Waals surface area contributed by atoms with Crippen LogP contribution in [0, 0.1) is 0 Å². The summed E-state index contributed by atoms with van der Waals surface area (Å²) in [5.41, 5.74) is -0.884. The quantitative estimate of drug-likeness (QED) is 0.419. The van der Waals surface area contributed by atoms with E-state index in [2.05, 4.69) is 20.7 Å². The molecule has 7 nitrogen and oxygen atoms in total. The Kier molecular flexibility index (Phi) is 5.28. The molecule has 0 bridgehead atoms. The fraction of sp³-hybridized carbons (Fsp3) is 0.150. The lowest BCUT2D eigenvalue weighted by molar-refractivity contribution is -0.140. The van der Waals surface area contributed by atoms with Crippen molar-refractivity contribution in [3.05, 3.63) is 71.8 Å². The summed E-state index contributed by atoms with van der Waals surface area (Å²) in [5, 5.41) is 9.09. The number of carbonyl (C=O) groups excluding carboxylic acids is 1. The maximum Gasteiger partial charge on any atom is 0.434 e. The van der Waals surface area contributed by atoms with Crippen molar-refractivity contribution in [1.82, 2.24) is 19.2 Å². The number of fused-ring (bicyclic) bond motifs is 1. The molecule has 166 valence electrons. The highest BCUT2D eigenvalue weighted by Gasteiger charge is 2.34. The first-order valence-corrected chi connectivity index (χ1v) is 9.17. The van der Waals surface area contributed by atoms with Gasteiger partial charge >= 0.3 is 6.18 Å². The highest BCUT2D eigenvalue weighted by molar-refractivity contribution is 6.05. The minimum absolute atomic E-state index is 0.123. The van der Waals surface area contributed by atoms with Crippen molar-refractivity contribution in [2.75, 3.05) is 10.6 Å². The van der Waals surface area contributed by atoms with E-state index in [4.69, 9.17) is 0 Å². The summed E-state index contributed by atoms with van der Waals surface area (Å²) in [6.07, 6.45) is -5.37. The number of benzene rings is 1. The van der Waals surface area contributed by atoms with Crippen LogP contribution in [0.4, 0.5) is 39.1 Å². The zero-order valence-corrected chi connectivity index (χ0v) is 16.4. The summed E-state index contributed by atoms with van der Waals surface area (Å²) in [5.74, 6) is -0.392. The molecule has 3 aromatic heterocycles. The molecule has 0 atom stereocenters. The first kappa shape index (κ1) is 21.3. The number of nitrogens with one attached hydrogen (secondary N) is 2. The number of halogens is 5. The molecule has 1 amide bonds. The Labute approximate surface area is 177 Å². The van der Waals surface area contributed by atoms with Crippen LogP contribution in [-0.4, -0.2) is 25.1 Å². The molecule has 2 N–H and O–H groups in total. The van der Waals surface area contributed by atoms with Crippen LogP contribution in [0.25, 0.3) is 5.65 Å². The van der Waals surface area contributed by atoms with Gasteiger partial charge in [-0.1, -0.05) is 6.07 Å². The Morgan fingerprint density at radius 3 is 2.38 bits per heavy atom. The van der Waals surface area contributed by atoms with Gasteiger partial charge in [-0.2, -0.15) is 18.3 Å². The number of carbonyl (C=O) groups is 1. The SMILES string of the molecule is Cn1cc(C(=O)Nc2ccc(Nc3cccc4nc(C(F)(F)F)cn34)cc2)c(C(F)F)n1. The average Bonchev–Trinajstić information content (AvgIpc) is 3.34. The Hall–Kier alpha value is -3.96. The number of anilines is 3. The Morgan fingerprint density at radius 1 is 1.03 bits per heavy atom. The molecule has 4 aromatic rings. The number of imidazole rings is 1. The maximum absolute atomic E-state index is 13.0. The van der Waals surface area contributed by atoms with Gasteiger partial charge in [0, 0.05) is 30.8 Å². The molecule has 0 radical (unpaired) electrons. The summed E-state index contributed by atoms with van der Waals surface area (Å²) in [7, 11) is 1.43. The number of alkyl halides is 5. The van der Waals surface area contributed by atoms with Crippen molar-refractivity contribution in [2.45, 2.75) is 12.6 Å². The Morgan fingerprint density at radius 2 is 1.72 bits per heavy atom. The minimum Gasteiger partial charge on any atom is -0.341 e. The number of hydrogen-bond donors (Lipinski definition) is 2. The van der Waals surface area contributed by atoms with Gasteiger partial charge in [-0.05, 0) is 36.4 Å². The van der Waals surface area contributed by atoms with Gasteiger partial charge in [-0.3, -0.25) is 13.9 Å². The number of aryl methyl sites for hydroxylation is 1. The molecule has 12 heteroatoms. The van der Waals surface area contributed by atoms with Crippen LogP contribution in [0.5, 0.6) is 0 Å². The van der Waals surface area contributed by atoms with Crippen molar-refractivity contribution in [1.29, 1.82) is 0 Å². The first-order chi connectivity index (χ1) is 15.1. The standard InChI is InChI=1S/C20H15F5N6O/c1-30-9-13(17(29-30)18(21)22)19(32)27-12-7-5-11(6-8-12)26-15-3-2-4-16-28-14(10-31(15)16)20(23,24)25/h2-10,18,26H,1H3,(H,27,32). The van der Waals surface area contributed by atoms with Crippen LogP contribution in [0.15, 0.2) is 54.9 Å². The van der Waals surface area contributed by atoms with Crippen molar-refractivity contribution in [2.24, 2.45) is 7.05 Å². The van der Waals surface area contributed by atoms with Gasteiger partial charge < -0.3 is 10.6 Å². The molecule has 3 heterocycles. The molecule has 0 fully saturated rings. The van der Waals surface area contributed by atoms with Crippen molar-refractivity contribution in [3.63, 3.8) is 0 Å². The molecule has 0 spiro atoms. The van der Waals surface area contributed by atoms with Crippen LogP contribution in [0.1, 0.15) is 28.2 Å². The topological polar surface area (TPSA) is 76.2 Å². The zero-order valence-electron chi connectivity index (χ0n) is 16.4. The molecule has 0 aliphatic carbocycles. The van der Waals surface area contributed by atoms with Gasteiger partial charge in [-0.15, -0.1) is 0 Å². The number of pyridine rings is 1. The molecule has 1 aromatic carbocycles. The van der Waals surface area contributed by atoms with Crippen LogP contribution in [-0.2, 0) is 13.2 Å². The largest absolute Gasteiger partial charge is 0.434 e. The summed E-state index contributed by atoms with van der Waals surface area (Å²) in [6.45, 7) is 0. The molecular formula is C20H15F5N6O. The molecular weight excluding hydrogens is 435 g/mol. The Balaban J connectivity index is 1.51. The summed E-state index contributed by atoms with van der Waals surface area (Å²) in [6, 6.07) is 10.8. The van der Waals surface area contributed by atoms with E-state index in [0.29, 0.717) is 17.2 Å². The van der Waals surface area contributed by atoms with E-state index in [-0.39, 0.29) is 11.2 Å². The molecule has 0 aliphatic rings. The molecule has 4 rings (SSSR count). The number of amides is 1. The highest BCUT2D eigenvalue weighted by atomic mass is 19.4. The lowest BCUT2D eigenvalue weighted by Crippen LogP contribution is -2.13. The number of rotatable bonds is 5. The third-order valence-electron chi connectivity index (χ3n) is 4.51. The normalized spacial score (nSPS) is 11.8. The third-order valence-corrected chi connectivity index (χ3v) is 4.51. The predicted molar refractivity (Wildman–Crippen MR) is 106 cm³/mol. The number of aromatic nitrogens is 4. The summed E-state index contributed by atoms with van der Waals surface area (Å²) < 4.78 is 67.3. The predicted octanol–water partition coefficient (Wildman–Crippen LogP) is 5.02. The monoisotopic (exact) mass is 450 g/mol. The highest BCUT2D eigenvalue weighted by Crippen LogP contribution is 2.30. The van der Waals surface area contributed by atoms with E-state index in [1.54, 1.807) is 24.3 Å². The molecule has 0 saturated heterocycles. The Bertz CT molecular complexity index is 1280. The second-order valence-corrected chi connectivity index (χ2v) is 6.82. The van der Waals surface area contributed by atoms with Gasteiger partial charge in [0.25, 0.3) is 12.3 Å². The van der Waals surface area contributed by atoms with Crippen LogP contribution >= 0.6 is 0 Å². The number of hydrogen-bond acceptors (Lipinski definition) is 4. The second-order valence-electron chi connectivity index (χ2n) is 6.82. The third kappa shape index (κ3) is 4.24. The van der Waals surface area contributed by atoms with Crippen molar-refractivity contribution in [3.8, 4) is 0 Å². The second kappa shape index (κ2) is 7.94. The summed E-state index contributed by atoms with van der Waals surface area (Å²) >= 11 is 0. The van der Waals surface area contributed by atoms with Crippen molar-refractivity contribution >= 4 is 28.7 Å². The van der Waals surface area contributed by atoms with Gasteiger partial charge in [0.1, 0.15) is 17.2 Å². The van der Waals surface area contributed by atoms with Gasteiger partial charge in [-0.25, -0.2) is 13.8 Å². The van der Waals surface area contributed by atoms with Gasteiger partial charge in [0.2, 0.25) is 0 Å². The average molecular weight is 450 g/mol. The van der Waals surface area contributed by atoms with E-state index in [9.17, 15) is 26.7 Å². The zero-order chi connectivity index (χ0) is 23.0. The number of nitrogens with zero attached hydrogens (tertiary/aromatic N) is 4. The van der Waals surface area contributed by atoms with Crippen LogP contribution < -0.4 is 10.6 Å². The lowest BCUT2D eigenvalue weighted by Gasteiger charge is -2.10. The molecule has 0 saturated carbocycles. The molecule has 0 unspecified atom stereocenters. The summed E-state index contributed by atoms with van der Waals surface area (Å²) in [4.78, 5) is 15.9. The van der Waals surface area contributed by atoms with Gasteiger partial charge in [0.15, 0.2) is 5.69 Å². The van der Waals surface area contributed by atoms with E-state index in [0.717, 1.165) is 10.9 Å². The fourth-order valence-electron chi connectivity index (χ4n) is 3.07. The van der Waals surface area contributed by atoms with Gasteiger partial charge in [0.05, 0.1) is 5.56 Å². The lowest BCUT2D eigenvalue weighted by atomic mass is 10.2. The first-order valence-electron chi connectivity index (χ1n) is 9.17. The molecule has 32 heavy (non-hydrogen) atoms.